The molecule has 2 heteroatoms. The van der Waals surface area contributed by atoms with Gasteiger partial charge in [-0.2, -0.15) is 0 Å². The van der Waals surface area contributed by atoms with Crippen molar-refractivity contribution < 1.29 is 0 Å². The first-order valence-corrected chi connectivity index (χ1v) is 3.57. The first kappa shape index (κ1) is 7.79. The summed E-state index contributed by atoms with van der Waals surface area (Å²) in [7, 11) is 1.74. The van der Waals surface area contributed by atoms with Crippen LogP contribution < -0.4 is 5.32 Å². The average molecular weight is 148 g/mol. The topological polar surface area (TPSA) is 24.4 Å². The lowest BCUT2D eigenvalue weighted by molar-refractivity contribution is 1.44. The van der Waals surface area contributed by atoms with Crippen LogP contribution in [-0.4, -0.2) is 13.4 Å². The molecule has 0 spiro atoms. The van der Waals surface area contributed by atoms with Crippen LogP contribution in [0, 0.1) is 6.92 Å². The van der Waals surface area contributed by atoms with Gasteiger partial charge in [-0.25, -0.2) is 0 Å². The van der Waals surface area contributed by atoms with E-state index in [1.165, 1.54) is 5.56 Å². The van der Waals surface area contributed by atoms with E-state index in [9.17, 15) is 0 Å². The van der Waals surface area contributed by atoms with Crippen LogP contribution in [0.1, 0.15) is 5.56 Å². The molecule has 1 rings (SSSR count). The van der Waals surface area contributed by atoms with Gasteiger partial charge in [0.15, 0.2) is 0 Å². The molecule has 1 aromatic carbocycles. The standard InChI is InChI=1S/C9H12N2/c1-8-4-3-5-9(6-8)11-7-10-2/h3-7H,1-2H3,(H,10,11). The molecule has 0 aliphatic rings. The highest BCUT2D eigenvalue weighted by atomic mass is 14.9. The summed E-state index contributed by atoms with van der Waals surface area (Å²) < 4.78 is 0. The minimum atomic E-state index is 1.08. The predicted octanol–water partition coefficient (Wildman–Crippen LogP) is 2.07. The molecule has 0 saturated heterocycles. The summed E-state index contributed by atoms with van der Waals surface area (Å²) in [5.74, 6) is 0. The third kappa shape index (κ3) is 2.42. The van der Waals surface area contributed by atoms with Crippen molar-refractivity contribution in [1.29, 1.82) is 0 Å². The molecule has 0 aliphatic heterocycles. The Kier molecular flexibility index (Phi) is 2.66. The van der Waals surface area contributed by atoms with Gasteiger partial charge in [-0.1, -0.05) is 12.1 Å². The number of benzene rings is 1. The fraction of sp³-hybridized carbons (Fsp3) is 0.222. The zero-order valence-corrected chi connectivity index (χ0v) is 6.83. The summed E-state index contributed by atoms with van der Waals surface area (Å²) in [4.78, 5) is 3.82. The van der Waals surface area contributed by atoms with Gasteiger partial charge in [0.1, 0.15) is 0 Å². The Morgan fingerprint density at radius 1 is 1.45 bits per heavy atom. The number of nitrogens with zero attached hydrogens (tertiary/aromatic N) is 1. The lowest BCUT2D eigenvalue weighted by atomic mass is 10.2. The Labute approximate surface area is 67.0 Å². The zero-order valence-electron chi connectivity index (χ0n) is 6.83. The fourth-order valence-corrected chi connectivity index (χ4v) is 0.874. The van der Waals surface area contributed by atoms with E-state index >= 15 is 0 Å². The van der Waals surface area contributed by atoms with Gasteiger partial charge in [0.2, 0.25) is 0 Å². The van der Waals surface area contributed by atoms with Crippen LogP contribution in [0.3, 0.4) is 0 Å². The van der Waals surface area contributed by atoms with Crippen molar-refractivity contribution in [2.45, 2.75) is 6.92 Å². The Bertz CT molecular complexity index is 253. The van der Waals surface area contributed by atoms with E-state index in [0.29, 0.717) is 0 Å². The van der Waals surface area contributed by atoms with Crippen molar-refractivity contribution in [3.8, 4) is 0 Å². The molecule has 11 heavy (non-hydrogen) atoms. The largest absolute Gasteiger partial charge is 0.347 e. The van der Waals surface area contributed by atoms with Crippen molar-refractivity contribution in [3.63, 3.8) is 0 Å². The monoisotopic (exact) mass is 148 g/mol. The van der Waals surface area contributed by atoms with Gasteiger partial charge in [0.05, 0.1) is 6.34 Å². The van der Waals surface area contributed by atoms with Crippen LogP contribution >= 0.6 is 0 Å². The van der Waals surface area contributed by atoms with E-state index in [1.54, 1.807) is 13.4 Å². The minimum Gasteiger partial charge on any atom is -0.347 e. The summed E-state index contributed by atoms with van der Waals surface area (Å²) in [6.45, 7) is 2.06. The van der Waals surface area contributed by atoms with Gasteiger partial charge < -0.3 is 5.32 Å². The van der Waals surface area contributed by atoms with E-state index in [2.05, 4.69) is 29.4 Å². The Hall–Kier alpha value is -1.31. The molecule has 1 aromatic rings. The van der Waals surface area contributed by atoms with Crippen LogP contribution in [0.25, 0.3) is 0 Å². The number of anilines is 1. The second kappa shape index (κ2) is 3.76. The first-order valence-electron chi connectivity index (χ1n) is 3.57. The van der Waals surface area contributed by atoms with Gasteiger partial charge >= 0.3 is 0 Å². The number of hydrogen-bond acceptors (Lipinski definition) is 1. The lowest BCUT2D eigenvalue weighted by Gasteiger charge is -1.99. The van der Waals surface area contributed by atoms with Crippen LogP contribution in [0.15, 0.2) is 29.3 Å². The quantitative estimate of drug-likeness (QED) is 0.504. The predicted molar refractivity (Wildman–Crippen MR) is 49.2 cm³/mol. The zero-order chi connectivity index (χ0) is 8.10. The number of rotatable bonds is 2. The molecule has 0 radical (unpaired) electrons. The maximum Gasteiger partial charge on any atom is 0.0864 e. The highest BCUT2D eigenvalue weighted by Crippen LogP contribution is 2.07. The molecular formula is C9H12N2. The van der Waals surface area contributed by atoms with Gasteiger partial charge in [-0.15, -0.1) is 0 Å². The minimum absolute atomic E-state index is 1.08. The lowest BCUT2D eigenvalue weighted by Crippen LogP contribution is -1.93. The van der Waals surface area contributed by atoms with Gasteiger partial charge in [-0.3, -0.25) is 4.99 Å². The van der Waals surface area contributed by atoms with Gasteiger partial charge in [0, 0.05) is 12.7 Å². The Morgan fingerprint density at radius 2 is 2.27 bits per heavy atom. The highest BCUT2D eigenvalue weighted by molar-refractivity contribution is 5.75. The molecule has 0 bridgehead atoms. The van der Waals surface area contributed by atoms with E-state index < -0.39 is 0 Å². The maximum atomic E-state index is 3.82. The molecule has 0 saturated carbocycles. The fourth-order valence-electron chi connectivity index (χ4n) is 0.874. The summed E-state index contributed by atoms with van der Waals surface area (Å²) >= 11 is 0. The van der Waals surface area contributed by atoms with Crippen molar-refractivity contribution in [3.05, 3.63) is 29.8 Å². The SMILES string of the molecule is CN=CNc1cccc(C)c1. The van der Waals surface area contributed by atoms with E-state index in [4.69, 9.17) is 0 Å². The Balaban J connectivity index is 2.71. The highest BCUT2D eigenvalue weighted by Gasteiger charge is 1.86. The van der Waals surface area contributed by atoms with Crippen LogP contribution in [0.4, 0.5) is 5.69 Å². The molecule has 2 nitrogen and oxygen atoms in total. The van der Waals surface area contributed by atoms with Crippen LogP contribution in [-0.2, 0) is 0 Å². The third-order valence-corrected chi connectivity index (χ3v) is 1.38. The third-order valence-electron chi connectivity index (χ3n) is 1.38. The molecule has 0 fully saturated rings. The molecule has 0 heterocycles. The van der Waals surface area contributed by atoms with Crippen LogP contribution in [0.2, 0.25) is 0 Å². The molecule has 0 atom stereocenters. The summed E-state index contributed by atoms with van der Waals surface area (Å²) in [5.41, 5.74) is 2.33. The average Bonchev–Trinajstić information content (AvgIpc) is 2.01. The van der Waals surface area contributed by atoms with E-state index in [1.807, 2.05) is 12.1 Å². The molecule has 0 unspecified atom stereocenters. The van der Waals surface area contributed by atoms with Crippen molar-refractivity contribution in [2.24, 2.45) is 4.99 Å². The Morgan fingerprint density at radius 3 is 2.91 bits per heavy atom. The molecule has 1 N–H and O–H groups in total. The maximum absolute atomic E-state index is 3.82. The summed E-state index contributed by atoms with van der Waals surface area (Å²) in [6.07, 6.45) is 1.68. The van der Waals surface area contributed by atoms with Gasteiger partial charge in [0.25, 0.3) is 0 Å². The molecule has 58 valence electrons. The molecule has 0 aromatic heterocycles. The van der Waals surface area contributed by atoms with Crippen molar-refractivity contribution >= 4 is 12.0 Å². The summed E-state index contributed by atoms with van der Waals surface area (Å²) in [5, 5.41) is 3.04. The summed E-state index contributed by atoms with van der Waals surface area (Å²) in [6, 6.07) is 8.16. The van der Waals surface area contributed by atoms with Crippen LogP contribution in [0.5, 0.6) is 0 Å². The first-order chi connectivity index (χ1) is 5.33. The second-order valence-corrected chi connectivity index (χ2v) is 2.40. The van der Waals surface area contributed by atoms with Crippen molar-refractivity contribution in [2.75, 3.05) is 12.4 Å². The normalized spacial score (nSPS) is 10.4. The number of hydrogen-bond donors (Lipinski definition) is 1. The number of nitrogens with one attached hydrogen (secondary N) is 1. The molecule has 0 amide bonds. The second-order valence-electron chi connectivity index (χ2n) is 2.40. The molecule has 0 aliphatic carbocycles. The number of aryl methyl sites for hydroxylation is 1. The van der Waals surface area contributed by atoms with E-state index in [-0.39, 0.29) is 0 Å². The smallest absolute Gasteiger partial charge is 0.0864 e. The molecular weight excluding hydrogens is 136 g/mol. The van der Waals surface area contributed by atoms with Gasteiger partial charge in [-0.05, 0) is 24.6 Å². The van der Waals surface area contributed by atoms with Crippen molar-refractivity contribution in [1.82, 2.24) is 0 Å². The number of aliphatic imine (C=N–C) groups is 1. The van der Waals surface area contributed by atoms with E-state index in [0.717, 1.165) is 5.69 Å².